The number of carboxylic acids is 1. The van der Waals surface area contributed by atoms with E-state index in [1.807, 2.05) is 18.2 Å². The number of primary amides is 1. The quantitative estimate of drug-likeness (QED) is 0.0492. The van der Waals surface area contributed by atoms with E-state index in [-0.39, 0.29) is 62.5 Å². The van der Waals surface area contributed by atoms with Crippen molar-refractivity contribution in [1.82, 2.24) is 36.0 Å². The maximum atomic E-state index is 13.4. The Labute approximate surface area is 399 Å². The number of fused-ring (bicyclic) bond motifs is 2. The molecule has 1 aliphatic carbocycles. The van der Waals surface area contributed by atoms with Gasteiger partial charge in [0.1, 0.15) is 30.4 Å². The number of hydrogen-bond donors (Lipinski definition) is 8. The molecule has 9 N–H and O–H groups in total. The van der Waals surface area contributed by atoms with Crippen LogP contribution in [0.15, 0.2) is 72.9 Å². The molecule has 2 aromatic heterocycles. The molecule has 4 atom stereocenters. The molecule has 21 heteroatoms. The fourth-order valence-electron chi connectivity index (χ4n) is 9.52. The number of benzene rings is 2. The Morgan fingerprint density at radius 3 is 2.45 bits per heavy atom. The zero-order valence-electron chi connectivity index (χ0n) is 38.6. The molecule has 8 rings (SSSR count). The van der Waals surface area contributed by atoms with Crippen molar-refractivity contribution in [2.24, 2.45) is 11.1 Å². The number of carbonyl (C=O) groups is 5. The first-order valence-electron chi connectivity index (χ1n) is 23.5. The first-order chi connectivity index (χ1) is 33.4. The Morgan fingerprint density at radius 2 is 1.75 bits per heavy atom. The summed E-state index contributed by atoms with van der Waals surface area (Å²) < 4.78 is 11.8. The average molecular weight is 949 g/mol. The Hall–Kier alpha value is -7.26. The molecule has 3 saturated heterocycles. The lowest BCUT2D eigenvalue weighted by molar-refractivity contribution is -0.162. The molecule has 21 nitrogen and oxygen atoms in total. The highest BCUT2D eigenvalue weighted by Gasteiger charge is 2.52. The van der Waals surface area contributed by atoms with Gasteiger partial charge in [0.25, 0.3) is 0 Å². The fraction of sp³-hybridized carbons (Fsp3) is 0.458. The fourth-order valence-corrected chi connectivity index (χ4v) is 9.52. The topological polar surface area (TPSA) is 279 Å². The molecule has 0 radical (unpaired) electrons. The summed E-state index contributed by atoms with van der Waals surface area (Å²) in [6.45, 7) is 7.79. The molecular formula is C48H60N12O9. The highest BCUT2D eigenvalue weighted by molar-refractivity contribution is 6.05. The number of aromatic nitrogens is 3. The second-order valence-corrected chi connectivity index (χ2v) is 18.1. The van der Waals surface area contributed by atoms with Crippen molar-refractivity contribution >= 4 is 52.8 Å². The number of urea groups is 1. The van der Waals surface area contributed by atoms with Crippen molar-refractivity contribution in [3.05, 3.63) is 78.5 Å². The number of para-hydroxylation sites is 1. The molecule has 1 saturated carbocycles. The SMILES string of the molecule is C[C@@H]1CNCCN1CCOc1cc(N2C3CCC2CN(c2cc(-c4ccccc4O)nnc2NC(=O)OCc2ccc(NC(=O)C(CCCNC(N)=O)NC(=O)C4(C(=O)O)CCC4)cc2)C3)ccn1. The summed E-state index contributed by atoms with van der Waals surface area (Å²) in [6.07, 6.45) is 4.26. The lowest BCUT2D eigenvalue weighted by Gasteiger charge is -2.43. The molecule has 3 unspecified atom stereocenters. The minimum absolute atomic E-state index is 0.0466. The van der Waals surface area contributed by atoms with Crippen molar-refractivity contribution in [3.63, 3.8) is 0 Å². The van der Waals surface area contributed by atoms with Crippen LogP contribution < -0.4 is 46.9 Å². The van der Waals surface area contributed by atoms with Crippen LogP contribution in [0, 0.1) is 5.41 Å². The van der Waals surface area contributed by atoms with E-state index in [0.717, 1.165) is 44.7 Å². The average Bonchev–Trinajstić information content (AvgIpc) is 3.58. The number of piperazine rings is 2. The number of rotatable bonds is 19. The number of carboxylic acid groups (broad SMARTS) is 1. The molecule has 5 amide bonds. The van der Waals surface area contributed by atoms with E-state index in [0.29, 0.717) is 66.2 Å². The maximum Gasteiger partial charge on any atom is 0.413 e. The van der Waals surface area contributed by atoms with Crippen LogP contribution in [0.1, 0.15) is 57.4 Å². The van der Waals surface area contributed by atoms with Crippen LogP contribution in [-0.2, 0) is 25.7 Å². The van der Waals surface area contributed by atoms with Crippen molar-refractivity contribution in [3.8, 4) is 22.9 Å². The van der Waals surface area contributed by atoms with Crippen LogP contribution in [-0.4, -0.2) is 137 Å². The third kappa shape index (κ3) is 11.5. The molecule has 3 aliphatic heterocycles. The van der Waals surface area contributed by atoms with Crippen molar-refractivity contribution in [1.29, 1.82) is 0 Å². The lowest BCUT2D eigenvalue weighted by Crippen LogP contribution is -2.55. The van der Waals surface area contributed by atoms with Crippen LogP contribution in [0.5, 0.6) is 11.6 Å². The van der Waals surface area contributed by atoms with Gasteiger partial charge in [0, 0.05) is 93.1 Å². The number of nitrogens with zero attached hydrogens (tertiary/aromatic N) is 6. The molecule has 4 aliphatic rings. The molecule has 5 heterocycles. The van der Waals surface area contributed by atoms with Crippen LogP contribution in [0.25, 0.3) is 11.3 Å². The molecule has 4 aromatic rings. The van der Waals surface area contributed by atoms with Crippen LogP contribution in [0.4, 0.5) is 32.5 Å². The number of nitrogens with two attached hydrogens (primary N) is 1. The number of ether oxygens (including phenoxy) is 2. The third-order valence-corrected chi connectivity index (χ3v) is 13.5. The first kappa shape index (κ1) is 48.2. The van der Waals surface area contributed by atoms with E-state index in [1.165, 1.54) is 0 Å². The number of carbonyl (C=O) groups excluding carboxylic acids is 4. The summed E-state index contributed by atoms with van der Waals surface area (Å²) >= 11 is 0. The molecule has 69 heavy (non-hydrogen) atoms. The van der Waals surface area contributed by atoms with Gasteiger partial charge in [0.15, 0.2) is 5.82 Å². The highest BCUT2D eigenvalue weighted by atomic mass is 16.5. The number of amides is 5. The number of phenolic OH excluding ortho intramolecular Hbond substituents is 1. The smallest absolute Gasteiger partial charge is 0.413 e. The Bertz CT molecular complexity index is 2480. The number of hydrogen-bond acceptors (Lipinski definition) is 15. The predicted molar refractivity (Wildman–Crippen MR) is 256 cm³/mol. The summed E-state index contributed by atoms with van der Waals surface area (Å²) in [5.74, 6) is -1.71. The second kappa shape index (κ2) is 21.8. The van der Waals surface area contributed by atoms with E-state index in [2.05, 4.69) is 63.4 Å². The zero-order chi connectivity index (χ0) is 48.5. The van der Waals surface area contributed by atoms with Gasteiger partial charge in [-0.25, -0.2) is 14.6 Å². The number of phenols is 1. The van der Waals surface area contributed by atoms with Crippen molar-refractivity contribution < 1.29 is 43.7 Å². The molecule has 0 spiro atoms. The van der Waals surface area contributed by atoms with Gasteiger partial charge in [0.05, 0.1) is 11.4 Å². The summed E-state index contributed by atoms with van der Waals surface area (Å²) in [5, 5.41) is 43.3. The van der Waals surface area contributed by atoms with Gasteiger partial charge in [-0.2, -0.15) is 0 Å². The Kier molecular flexibility index (Phi) is 15.2. The lowest BCUT2D eigenvalue weighted by atomic mass is 9.68. The zero-order valence-corrected chi connectivity index (χ0v) is 38.6. The standard InChI is InChI=1S/C48H60N12O9/c1-30-26-50-20-21-58(30)22-23-68-41-24-33(15-19-51-41)60-34-13-14-35(60)28-59(27-34)39-25-38(36-6-2-3-8-40(36)61)56-57-42(39)55-47(67)69-29-31-9-11-32(12-10-31)53-43(62)37(7-4-18-52-46(49)66)54-44(63)48(45(64)65)16-5-17-48/h2-3,6,8-12,15,19,24-25,30,34-35,37,50,61H,4-5,7,13-14,16-18,20-23,26-29H2,1H3,(H,53,62)(H,54,63)(H,64,65)(H3,49,52,66)(H,55,57,67)/t30-,34?,35?,37?/m1/s1. The molecule has 4 fully saturated rings. The predicted octanol–water partition coefficient (Wildman–Crippen LogP) is 3.65. The number of pyridine rings is 1. The summed E-state index contributed by atoms with van der Waals surface area (Å²) in [4.78, 5) is 74.6. The van der Waals surface area contributed by atoms with Gasteiger partial charge in [-0.05, 0) is 87.4 Å². The molecule has 366 valence electrons. The van der Waals surface area contributed by atoms with Crippen LogP contribution in [0.3, 0.4) is 0 Å². The van der Waals surface area contributed by atoms with E-state index >= 15 is 0 Å². The largest absolute Gasteiger partial charge is 0.507 e. The summed E-state index contributed by atoms with van der Waals surface area (Å²) in [7, 11) is 0. The van der Waals surface area contributed by atoms with Gasteiger partial charge in [-0.15, -0.1) is 10.2 Å². The number of anilines is 4. The Morgan fingerprint density at radius 1 is 0.986 bits per heavy atom. The molecular weight excluding hydrogens is 889 g/mol. The van der Waals surface area contributed by atoms with E-state index in [1.54, 1.807) is 54.7 Å². The second-order valence-electron chi connectivity index (χ2n) is 18.1. The van der Waals surface area contributed by atoms with Gasteiger partial charge in [0.2, 0.25) is 17.7 Å². The van der Waals surface area contributed by atoms with Crippen molar-refractivity contribution in [2.75, 3.05) is 72.9 Å². The van der Waals surface area contributed by atoms with E-state index in [9.17, 15) is 34.2 Å². The summed E-state index contributed by atoms with van der Waals surface area (Å²) in [6, 6.07) is 18.2. The van der Waals surface area contributed by atoms with E-state index < -0.39 is 41.4 Å². The van der Waals surface area contributed by atoms with Gasteiger partial charge < -0.3 is 56.5 Å². The van der Waals surface area contributed by atoms with Gasteiger partial charge in [-0.3, -0.25) is 24.6 Å². The normalized spacial score (nSPS) is 19.9. The van der Waals surface area contributed by atoms with Gasteiger partial charge >= 0.3 is 18.1 Å². The third-order valence-electron chi connectivity index (χ3n) is 13.5. The van der Waals surface area contributed by atoms with Crippen LogP contribution in [0.2, 0.25) is 0 Å². The summed E-state index contributed by atoms with van der Waals surface area (Å²) in [5.41, 5.74) is 7.16. The molecule has 2 bridgehead atoms. The number of aliphatic carboxylic acids is 1. The van der Waals surface area contributed by atoms with Crippen LogP contribution >= 0.6 is 0 Å². The molecule has 2 aromatic carbocycles. The van der Waals surface area contributed by atoms with E-state index in [4.69, 9.17) is 15.2 Å². The highest BCUT2D eigenvalue weighted by Crippen LogP contribution is 2.42. The number of aromatic hydroxyl groups is 1. The minimum atomic E-state index is -1.58. The van der Waals surface area contributed by atoms with Crippen molar-refractivity contribution in [2.45, 2.75) is 82.6 Å². The minimum Gasteiger partial charge on any atom is -0.507 e. The monoisotopic (exact) mass is 948 g/mol. The Balaban J connectivity index is 0.901. The first-order valence-corrected chi connectivity index (χ1v) is 23.5. The van der Waals surface area contributed by atoms with Gasteiger partial charge in [-0.1, -0.05) is 30.7 Å². The maximum absolute atomic E-state index is 13.4. The number of nitrogens with one attached hydrogen (secondary N) is 5.